The number of sulfonamides is 1. The molecule has 1 aliphatic heterocycles. The molecule has 1 N–H and O–H groups in total. The highest BCUT2D eigenvalue weighted by Crippen LogP contribution is 2.27. The van der Waals surface area contributed by atoms with Crippen molar-refractivity contribution in [3.8, 4) is 0 Å². The fourth-order valence-electron chi connectivity index (χ4n) is 3.61. The molecule has 0 radical (unpaired) electrons. The summed E-state index contributed by atoms with van der Waals surface area (Å²) in [7, 11) is -3.57. The molecule has 1 heterocycles. The van der Waals surface area contributed by atoms with Crippen LogP contribution in [0.3, 0.4) is 0 Å². The number of hydrogen-bond donors (Lipinski definition) is 1. The lowest BCUT2D eigenvalue weighted by Crippen LogP contribution is -2.41. The maximum atomic E-state index is 13.1. The number of benzene rings is 3. The predicted octanol–water partition coefficient (Wildman–Crippen LogP) is 4.48. The van der Waals surface area contributed by atoms with Gasteiger partial charge in [-0.15, -0.1) is 0 Å². The summed E-state index contributed by atoms with van der Waals surface area (Å²) in [5.41, 5.74) is 0.765. The minimum atomic E-state index is -3.57. The van der Waals surface area contributed by atoms with Gasteiger partial charge in [0.15, 0.2) is 0 Å². The van der Waals surface area contributed by atoms with Crippen molar-refractivity contribution >= 4 is 55.0 Å². The first-order chi connectivity index (χ1) is 13.9. The lowest BCUT2D eigenvalue weighted by molar-refractivity contribution is -0.120. The number of hydrogen-bond acceptors (Lipinski definition) is 3. The van der Waals surface area contributed by atoms with Gasteiger partial charge >= 0.3 is 0 Å². The van der Waals surface area contributed by atoms with Crippen LogP contribution < -0.4 is 5.32 Å². The van der Waals surface area contributed by atoms with Crippen LogP contribution in [0, 0.1) is 9.49 Å². The van der Waals surface area contributed by atoms with E-state index < -0.39 is 10.0 Å². The molecule has 150 valence electrons. The number of anilines is 1. The Morgan fingerprint density at radius 1 is 0.931 bits per heavy atom. The van der Waals surface area contributed by atoms with E-state index in [1.807, 2.05) is 54.6 Å². The van der Waals surface area contributed by atoms with E-state index in [2.05, 4.69) is 27.9 Å². The van der Waals surface area contributed by atoms with E-state index >= 15 is 0 Å². The zero-order valence-electron chi connectivity index (χ0n) is 15.7. The molecular weight excluding hydrogens is 499 g/mol. The number of piperidine rings is 1. The molecule has 4 rings (SSSR count). The first-order valence-electron chi connectivity index (χ1n) is 9.49. The molecule has 3 aromatic rings. The van der Waals surface area contributed by atoms with Crippen LogP contribution in [0.5, 0.6) is 0 Å². The largest absolute Gasteiger partial charge is 0.326 e. The molecule has 0 spiro atoms. The summed E-state index contributed by atoms with van der Waals surface area (Å²) in [5, 5.41) is 4.85. The predicted molar refractivity (Wildman–Crippen MR) is 123 cm³/mol. The summed E-state index contributed by atoms with van der Waals surface area (Å²) in [6.07, 6.45) is 1.03. The summed E-state index contributed by atoms with van der Waals surface area (Å²) in [6, 6.07) is 20.6. The second-order valence-electron chi connectivity index (χ2n) is 7.18. The van der Waals surface area contributed by atoms with Gasteiger partial charge in [-0.25, -0.2) is 8.42 Å². The first kappa shape index (κ1) is 20.3. The van der Waals surface area contributed by atoms with Crippen molar-refractivity contribution in [2.24, 2.45) is 5.92 Å². The third-order valence-corrected chi connectivity index (χ3v) is 7.91. The van der Waals surface area contributed by atoms with Crippen molar-refractivity contribution in [3.63, 3.8) is 0 Å². The lowest BCUT2D eigenvalue weighted by atomic mass is 9.97. The zero-order valence-corrected chi connectivity index (χ0v) is 18.7. The minimum Gasteiger partial charge on any atom is -0.326 e. The van der Waals surface area contributed by atoms with Gasteiger partial charge in [-0.05, 0) is 82.6 Å². The van der Waals surface area contributed by atoms with Gasteiger partial charge < -0.3 is 5.32 Å². The number of fused-ring (bicyclic) bond motifs is 1. The van der Waals surface area contributed by atoms with Gasteiger partial charge in [0.25, 0.3) is 0 Å². The highest BCUT2D eigenvalue weighted by Gasteiger charge is 2.32. The monoisotopic (exact) mass is 520 g/mol. The van der Waals surface area contributed by atoms with Crippen LogP contribution >= 0.6 is 22.6 Å². The third kappa shape index (κ3) is 4.46. The van der Waals surface area contributed by atoms with E-state index in [-0.39, 0.29) is 11.8 Å². The van der Waals surface area contributed by atoms with E-state index in [1.165, 1.54) is 4.31 Å². The van der Waals surface area contributed by atoms with Crippen molar-refractivity contribution in [2.45, 2.75) is 17.7 Å². The Morgan fingerprint density at radius 2 is 1.59 bits per heavy atom. The van der Waals surface area contributed by atoms with Crippen molar-refractivity contribution in [1.82, 2.24) is 4.31 Å². The van der Waals surface area contributed by atoms with Gasteiger partial charge in [0.2, 0.25) is 15.9 Å². The fourth-order valence-corrected chi connectivity index (χ4v) is 5.48. The van der Waals surface area contributed by atoms with Crippen molar-refractivity contribution in [2.75, 3.05) is 18.4 Å². The van der Waals surface area contributed by atoms with Crippen molar-refractivity contribution < 1.29 is 13.2 Å². The topological polar surface area (TPSA) is 66.5 Å². The number of halogens is 1. The molecule has 1 fully saturated rings. The van der Waals surface area contributed by atoms with Crippen molar-refractivity contribution in [1.29, 1.82) is 0 Å². The number of carbonyl (C=O) groups excluding carboxylic acids is 1. The Hall–Kier alpha value is -1.97. The molecule has 0 aliphatic carbocycles. The van der Waals surface area contributed by atoms with E-state index in [0.29, 0.717) is 30.8 Å². The molecule has 0 bridgehead atoms. The molecule has 3 aromatic carbocycles. The average Bonchev–Trinajstić information content (AvgIpc) is 2.75. The van der Waals surface area contributed by atoms with Crippen LogP contribution in [0.1, 0.15) is 12.8 Å². The van der Waals surface area contributed by atoms with E-state index in [1.54, 1.807) is 12.1 Å². The molecule has 5 nitrogen and oxygen atoms in total. The van der Waals surface area contributed by atoms with Gasteiger partial charge in [0, 0.05) is 28.3 Å². The number of rotatable bonds is 4. The Labute approximate surface area is 184 Å². The molecule has 0 atom stereocenters. The number of nitrogens with zero attached hydrogens (tertiary/aromatic N) is 1. The Morgan fingerprint density at radius 3 is 2.28 bits per heavy atom. The standard InChI is InChI=1S/C22H21IN2O3S/c23-19-6-8-20(9-7-19)24-22(26)17-11-13-25(14-12-17)29(27,28)21-10-5-16-3-1-2-4-18(16)15-21/h1-10,15,17H,11-14H2,(H,24,26). The Balaban J connectivity index is 1.42. The lowest BCUT2D eigenvalue weighted by Gasteiger charge is -2.30. The van der Waals surface area contributed by atoms with Crippen LogP contribution in [-0.4, -0.2) is 31.7 Å². The zero-order chi connectivity index (χ0) is 20.4. The van der Waals surface area contributed by atoms with Gasteiger partial charge in [0.05, 0.1) is 4.90 Å². The first-order valence-corrected chi connectivity index (χ1v) is 12.0. The van der Waals surface area contributed by atoms with Crippen molar-refractivity contribution in [3.05, 3.63) is 70.3 Å². The third-order valence-electron chi connectivity index (χ3n) is 5.30. The second kappa shape index (κ2) is 8.41. The summed E-state index contributed by atoms with van der Waals surface area (Å²) in [4.78, 5) is 12.8. The highest BCUT2D eigenvalue weighted by molar-refractivity contribution is 14.1. The Kier molecular flexibility index (Phi) is 5.89. The van der Waals surface area contributed by atoms with Crippen LogP contribution in [-0.2, 0) is 14.8 Å². The van der Waals surface area contributed by atoms with E-state index in [4.69, 9.17) is 0 Å². The quantitative estimate of drug-likeness (QED) is 0.516. The smallest absolute Gasteiger partial charge is 0.243 e. The van der Waals surface area contributed by atoms with Gasteiger partial charge in [0.1, 0.15) is 0 Å². The van der Waals surface area contributed by atoms with Crippen LogP contribution in [0.4, 0.5) is 5.69 Å². The summed E-state index contributed by atoms with van der Waals surface area (Å²) in [5.74, 6) is -0.230. The molecule has 0 unspecified atom stereocenters. The molecule has 1 amide bonds. The minimum absolute atomic E-state index is 0.0473. The molecule has 7 heteroatoms. The van der Waals surface area contributed by atoms with E-state index in [0.717, 1.165) is 20.0 Å². The summed E-state index contributed by atoms with van der Waals surface area (Å²) >= 11 is 2.22. The van der Waals surface area contributed by atoms with Crippen LogP contribution in [0.25, 0.3) is 10.8 Å². The summed E-state index contributed by atoms with van der Waals surface area (Å²) < 4.78 is 28.7. The molecule has 0 saturated carbocycles. The SMILES string of the molecule is O=C(Nc1ccc(I)cc1)C1CCN(S(=O)(=O)c2ccc3ccccc3c2)CC1. The normalized spacial score (nSPS) is 16.0. The number of nitrogens with one attached hydrogen (secondary N) is 1. The molecular formula is C22H21IN2O3S. The number of amides is 1. The molecule has 29 heavy (non-hydrogen) atoms. The maximum Gasteiger partial charge on any atom is 0.243 e. The number of carbonyl (C=O) groups is 1. The van der Waals surface area contributed by atoms with Crippen LogP contribution in [0.2, 0.25) is 0 Å². The van der Waals surface area contributed by atoms with Gasteiger partial charge in [-0.2, -0.15) is 4.31 Å². The molecule has 1 aliphatic rings. The van der Waals surface area contributed by atoms with Crippen LogP contribution in [0.15, 0.2) is 71.6 Å². The molecule has 0 aromatic heterocycles. The maximum absolute atomic E-state index is 13.1. The highest BCUT2D eigenvalue weighted by atomic mass is 127. The van der Waals surface area contributed by atoms with E-state index in [9.17, 15) is 13.2 Å². The fraction of sp³-hybridized carbons (Fsp3) is 0.227. The summed E-state index contributed by atoms with van der Waals surface area (Å²) in [6.45, 7) is 0.694. The van der Waals surface area contributed by atoms with Gasteiger partial charge in [-0.3, -0.25) is 4.79 Å². The van der Waals surface area contributed by atoms with Gasteiger partial charge in [-0.1, -0.05) is 30.3 Å². The second-order valence-corrected chi connectivity index (χ2v) is 10.4. The average molecular weight is 520 g/mol. The molecule has 1 saturated heterocycles. The Bertz CT molecular complexity index is 1140.